The van der Waals surface area contributed by atoms with Gasteiger partial charge in [0.15, 0.2) is 17.3 Å². The third-order valence-corrected chi connectivity index (χ3v) is 4.80. The zero-order valence-corrected chi connectivity index (χ0v) is 15.4. The number of amides is 2. The van der Waals surface area contributed by atoms with Crippen LogP contribution in [0.5, 0.6) is 11.5 Å². The van der Waals surface area contributed by atoms with Gasteiger partial charge in [0.25, 0.3) is 11.1 Å². The Morgan fingerprint density at radius 3 is 2.59 bits per heavy atom. The molecule has 2 aromatic rings. The van der Waals surface area contributed by atoms with E-state index in [9.17, 15) is 19.5 Å². The molecular weight excluding hydrogens is 366 g/mol. The van der Waals surface area contributed by atoms with Crippen molar-refractivity contribution in [3.05, 3.63) is 64.6 Å². The number of nitrogens with zero attached hydrogens (tertiary/aromatic N) is 1. The number of para-hydroxylation sites is 1. The molecule has 0 saturated carbocycles. The first-order valence-corrected chi connectivity index (χ1v) is 9.11. The molecule has 1 fully saturated rings. The van der Waals surface area contributed by atoms with Crippen molar-refractivity contribution in [2.75, 3.05) is 13.2 Å². The molecule has 0 bridgehead atoms. The van der Waals surface area contributed by atoms with E-state index in [4.69, 9.17) is 4.74 Å². The summed E-state index contributed by atoms with van der Waals surface area (Å²) < 4.78 is 5.32. The molecule has 3 rings (SSSR count). The first-order valence-electron chi connectivity index (χ1n) is 8.29. The fourth-order valence-corrected chi connectivity index (χ4v) is 3.39. The summed E-state index contributed by atoms with van der Waals surface area (Å²) in [5.41, 5.74) is 0.795. The van der Waals surface area contributed by atoms with Gasteiger partial charge in [0.05, 0.1) is 18.1 Å². The van der Waals surface area contributed by atoms with Crippen LogP contribution in [-0.4, -0.2) is 40.1 Å². The van der Waals surface area contributed by atoms with Crippen LogP contribution in [-0.2, 0) is 4.79 Å². The minimum atomic E-state index is -0.560. The molecule has 0 atom stereocenters. The highest BCUT2D eigenvalue weighted by Crippen LogP contribution is 2.36. The average Bonchev–Trinajstić information content (AvgIpc) is 2.93. The van der Waals surface area contributed by atoms with Gasteiger partial charge in [-0.3, -0.25) is 19.3 Å². The second-order valence-electron chi connectivity index (χ2n) is 5.68. The van der Waals surface area contributed by atoms with Crippen molar-refractivity contribution in [1.82, 2.24) is 4.90 Å². The lowest BCUT2D eigenvalue weighted by Crippen LogP contribution is -2.33. The van der Waals surface area contributed by atoms with E-state index in [0.29, 0.717) is 23.5 Å². The Balaban J connectivity index is 1.81. The largest absolute Gasteiger partial charge is 0.504 e. The quantitative estimate of drug-likeness (QED) is 0.605. The van der Waals surface area contributed by atoms with Crippen molar-refractivity contribution in [2.24, 2.45) is 0 Å². The molecule has 0 radical (unpaired) electrons. The van der Waals surface area contributed by atoms with Crippen molar-refractivity contribution >= 4 is 34.8 Å². The molecule has 0 aromatic heterocycles. The van der Waals surface area contributed by atoms with Crippen LogP contribution in [0.3, 0.4) is 0 Å². The second-order valence-corrected chi connectivity index (χ2v) is 6.68. The molecule has 1 N–H and O–H groups in total. The van der Waals surface area contributed by atoms with E-state index >= 15 is 0 Å². The minimum absolute atomic E-state index is 0.105. The molecule has 1 heterocycles. The molecule has 1 saturated heterocycles. The maximum Gasteiger partial charge on any atom is 0.293 e. The van der Waals surface area contributed by atoms with Gasteiger partial charge < -0.3 is 9.84 Å². The average molecular weight is 383 g/mol. The normalized spacial score (nSPS) is 15.4. The summed E-state index contributed by atoms with van der Waals surface area (Å²) in [6.45, 7) is 1.85. The summed E-state index contributed by atoms with van der Waals surface area (Å²) >= 11 is 0.736. The number of aromatic hydroxyl groups is 1. The Morgan fingerprint density at radius 1 is 1.15 bits per heavy atom. The third kappa shape index (κ3) is 4.03. The van der Waals surface area contributed by atoms with E-state index in [1.54, 1.807) is 55.5 Å². The molecule has 0 aliphatic carbocycles. The van der Waals surface area contributed by atoms with Crippen LogP contribution in [0.15, 0.2) is 53.4 Å². The van der Waals surface area contributed by atoms with Gasteiger partial charge in [-0.2, -0.15) is 0 Å². The van der Waals surface area contributed by atoms with E-state index < -0.39 is 11.1 Å². The van der Waals surface area contributed by atoms with Gasteiger partial charge in [0, 0.05) is 11.1 Å². The number of ketones is 1. The maximum absolute atomic E-state index is 12.6. The van der Waals surface area contributed by atoms with Crippen LogP contribution in [0.1, 0.15) is 22.8 Å². The van der Waals surface area contributed by atoms with E-state index in [-0.39, 0.29) is 23.0 Å². The van der Waals surface area contributed by atoms with Gasteiger partial charge in [0.1, 0.15) is 0 Å². The van der Waals surface area contributed by atoms with Crippen LogP contribution >= 0.6 is 11.8 Å². The Bertz CT molecular complexity index is 923. The SMILES string of the molecule is CCOc1cccc(/C=C2/SC(=O)N(CC(=O)c3ccccc3)C2=O)c1O. The fourth-order valence-electron chi connectivity index (χ4n) is 2.56. The van der Waals surface area contributed by atoms with Crippen LogP contribution in [0.4, 0.5) is 4.79 Å². The molecule has 27 heavy (non-hydrogen) atoms. The Hall–Kier alpha value is -3.06. The van der Waals surface area contributed by atoms with Crippen LogP contribution in [0.2, 0.25) is 0 Å². The number of hydrogen-bond donors (Lipinski definition) is 1. The van der Waals surface area contributed by atoms with E-state index in [1.165, 1.54) is 6.08 Å². The first kappa shape index (κ1) is 18.7. The maximum atomic E-state index is 12.6. The van der Waals surface area contributed by atoms with Crippen LogP contribution in [0.25, 0.3) is 6.08 Å². The van der Waals surface area contributed by atoms with Crippen LogP contribution in [0, 0.1) is 0 Å². The van der Waals surface area contributed by atoms with Gasteiger partial charge in [-0.15, -0.1) is 0 Å². The number of phenols is 1. The Kier molecular flexibility index (Phi) is 5.61. The molecular formula is C20H17NO5S. The summed E-state index contributed by atoms with van der Waals surface area (Å²) in [4.78, 5) is 38.1. The fraction of sp³-hybridized carbons (Fsp3) is 0.150. The van der Waals surface area contributed by atoms with Gasteiger partial charge in [0.2, 0.25) is 0 Å². The topological polar surface area (TPSA) is 83.9 Å². The third-order valence-electron chi connectivity index (χ3n) is 3.89. The number of imide groups is 1. The summed E-state index contributed by atoms with van der Waals surface area (Å²) in [6.07, 6.45) is 1.43. The number of rotatable bonds is 6. The number of carbonyl (C=O) groups excluding carboxylic acids is 3. The van der Waals surface area contributed by atoms with Crippen molar-refractivity contribution in [2.45, 2.75) is 6.92 Å². The zero-order chi connectivity index (χ0) is 19.4. The highest BCUT2D eigenvalue weighted by Gasteiger charge is 2.36. The number of phenolic OH excluding ortho intramolecular Hbond substituents is 1. The van der Waals surface area contributed by atoms with Crippen molar-refractivity contribution in [1.29, 1.82) is 0 Å². The lowest BCUT2D eigenvalue weighted by Gasteiger charge is -2.11. The summed E-state index contributed by atoms with van der Waals surface area (Å²) in [6, 6.07) is 13.4. The highest BCUT2D eigenvalue weighted by atomic mass is 32.2. The summed E-state index contributed by atoms with van der Waals surface area (Å²) in [5.74, 6) is -0.688. The molecule has 2 aromatic carbocycles. The van der Waals surface area contributed by atoms with Gasteiger partial charge in [-0.25, -0.2) is 0 Å². The molecule has 138 valence electrons. The monoisotopic (exact) mass is 383 g/mol. The van der Waals surface area contributed by atoms with Crippen molar-refractivity contribution in [3.8, 4) is 11.5 Å². The number of benzene rings is 2. The van der Waals surface area contributed by atoms with E-state index in [1.807, 2.05) is 0 Å². The van der Waals surface area contributed by atoms with Crippen LogP contribution < -0.4 is 4.74 Å². The number of carbonyl (C=O) groups is 3. The number of thioether (sulfide) groups is 1. The predicted octanol–water partition coefficient (Wildman–Crippen LogP) is 3.71. The predicted molar refractivity (Wildman–Crippen MR) is 103 cm³/mol. The molecule has 6 nitrogen and oxygen atoms in total. The number of ether oxygens (including phenoxy) is 1. The lowest BCUT2D eigenvalue weighted by atomic mass is 10.1. The molecule has 0 spiro atoms. The number of hydrogen-bond acceptors (Lipinski definition) is 6. The lowest BCUT2D eigenvalue weighted by molar-refractivity contribution is -0.122. The molecule has 2 amide bonds. The first-order chi connectivity index (χ1) is 13.0. The molecule has 0 unspecified atom stereocenters. The van der Waals surface area contributed by atoms with E-state index in [0.717, 1.165) is 16.7 Å². The summed E-state index contributed by atoms with van der Waals surface area (Å²) in [7, 11) is 0. The van der Waals surface area contributed by atoms with Gasteiger partial charge >= 0.3 is 0 Å². The molecule has 1 aliphatic heterocycles. The number of Topliss-reactive ketones (excluding diaryl/α,β-unsaturated/α-hetero) is 1. The standard InChI is InChI=1S/C20H17NO5S/c1-2-26-16-10-6-9-14(18(16)23)11-17-19(24)21(20(25)27-17)12-15(22)13-7-4-3-5-8-13/h3-11,23H,2,12H2,1H3/b17-11+. The molecule has 1 aliphatic rings. The second kappa shape index (κ2) is 8.09. The Labute approximate surface area is 160 Å². The summed E-state index contributed by atoms with van der Waals surface area (Å²) in [5, 5.41) is 9.73. The van der Waals surface area contributed by atoms with Gasteiger partial charge in [-0.05, 0) is 30.8 Å². The minimum Gasteiger partial charge on any atom is -0.504 e. The van der Waals surface area contributed by atoms with Crippen molar-refractivity contribution in [3.63, 3.8) is 0 Å². The van der Waals surface area contributed by atoms with E-state index in [2.05, 4.69) is 0 Å². The zero-order valence-electron chi connectivity index (χ0n) is 14.5. The highest BCUT2D eigenvalue weighted by molar-refractivity contribution is 8.18. The van der Waals surface area contributed by atoms with Gasteiger partial charge in [-0.1, -0.05) is 42.5 Å². The van der Waals surface area contributed by atoms with Crippen molar-refractivity contribution < 1.29 is 24.2 Å². The smallest absolute Gasteiger partial charge is 0.293 e. The molecule has 7 heteroatoms. The Morgan fingerprint density at radius 2 is 1.89 bits per heavy atom.